The Hall–Kier alpha value is -0.610. The molecule has 0 heterocycles. The first-order chi connectivity index (χ1) is 8.67. The number of nitrogens with one attached hydrogen (secondary N) is 1. The zero-order chi connectivity index (χ0) is 13.4. The van der Waals surface area contributed by atoms with E-state index in [0.29, 0.717) is 19.1 Å². The van der Waals surface area contributed by atoms with E-state index in [-0.39, 0.29) is 11.9 Å². The van der Waals surface area contributed by atoms with E-state index in [9.17, 15) is 4.79 Å². The van der Waals surface area contributed by atoms with Gasteiger partial charge in [0, 0.05) is 25.2 Å². The summed E-state index contributed by atoms with van der Waals surface area (Å²) in [6.45, 7) is 6.10. The monoisotopic (exact) mass is 255 g/mol. The van der Waals surface area contributed by atoms with Crippen LogP contribution in [-0.2, 0) is 4.79 Å². The summed E-state index contributed by atoms with van der Waals surface area (Å²) in [4.78, 5) is 14.2. The summed E-state index contributed by atoms with van der Waals surface area (Å²) < 4.78 is 0. The second-order valence-electron chi connectivity index (χ2n) is 5.43. The SMILES string of the molecule is CCC(C)NC(=O)CN(CCN)C1CCCCC1. The molecule has 1 rings (SSSR count). The average Bonchev–Trinajstić information content (AvgIpc) is 2.39. The highest BCUT2D eigenvalue weighted by Gasteiger charge is 2.22. The number of amides is 1. The number of carbonyl (C=O) groups is 1. The van der Waals surface area contributed by atoms with Gasteiger partial charge in [-0.2, -0.15) is 0 Å². The van der Waals surface area contributed by atoms with E-state index in [1.54, 1.807) is 0 Å². The van der Waals surface area contributed by atoms with Gasteiger partial charge >= 0.3 is 0 Å². The van der Waals surface area contributed by atoms with E-state index >= 15 is 0 Å². The first kappa shape index (κ1) is 15.4. The number of hydrogen-bond donors (Lipinski definition) is 2. The standard InChI is InChI=1S/C14H29N3O/c1-3-12(2)16-14(18)11-17(10-9-15)13-7-5-4-6-8-13/h12-13H,3-11,15H2,1-2H3,(H,16,18). The van der Waals surface area contributed by atoms with Gasteiger partial charge in [-0.25, -0.2) is 0 Å². The second-order valence-corrected chi connectivity index (χ2v) is 5.43. The molecule has 0 aromatic carbocycles. The maximum atomic E-state index is 11.9. The van der Waals surface area contributed by atoms with E-state index in [2.05, 4.69) is 17.1 Å². The van der Waals surface area contributed by atoms with Crippen molar-refractivity contribution in [3.63, 3.8) is 0 Å². The molecule has 1 unspecified atom stereocenters. The van der Waals surface area contributed by atoms with Crippen molar-refractivity contribution in [2.75, 3.05) is 19.6 Å². The molecule has 1 aliphatic rings. The Balaban J connectivity index is 2.43. The Kier molecular flexibility index (Phi) is 7.28. The third-order valence-electron chi connectivity index (χ3n) is 3.87. The molecule has 18 heavy (non-hydrogen) atoms. The molecule has 0 aromatic heterocycles. The lowest BCUT2D eigenvalue weighted by molar-refractivity contribution is -0.123. The van der Waals surface area contributed by atoms with Crippen molar-refractivity contribution in [2.45, 2.75) is 64.5 Å². The first-order valence-corrected chi connectivity index (χ1v) is 7.40. The van der Waals surface area contributed by atoms with E-state index in [0.717, 1.165) is 13.0 Å². The fraction of sp³-hybridized carbons (Fsp3) is 0.929. The Bertz CT molecular complexity index is 239. The molecule has 1 amide bonds. The molecular weight excluding hydrogens is 226 g/mol. The maximum Gasteiger partial charge on any atom is 0.234 e. The second kappa shape index (κ2) is 8.48. The quantitative estimate of drug-likeness (QED) is 0.725. The van der Waals surface area contributed by atoms with Crippen LogP contribution in [0.2, 0.25) is 0 Å². The third kappa shape index (κ3) is 5.36. The van der Waals surface area contributed by atoms with Crippen molar-refractivity contribution in [2.24, 2.45) is 5.73 Å². The van der Waals surface area contributed by atoms with Crippen molar-refractivity contribution in [1.29, 1.82) is 0 Å². The molecule has 0 bridgehead atoms. The van der Waals surface area contributed by atoms with Crippen LogP contribution in [0.25, 0.3) is 0 Å². The van der Waals surface area contributed by atoms with Crippen LogP contribution in [0, 0.1) is 0 Å². The summed E-state index contributed by atoms with van der Waals surface area (Å²) in [7, 11) is 0. The smallest absolute Gasteiger partial charge is 0.234 e. The van der Waals surface area contributed by atoms with E-state index in [1.807, 2.05) is 6.92 Å². The molecule has 1 atom stereocenters. The third-order valence-corrected chi connectivity index (χ3v) is 3.87. The molecule has 1 fully saturated rings. The van der Waals surface area contributed by atoms with Crippen molar-refractivity contribution >= 4 is 5.91 Å². The lowest BCUT2D eigenvalue weighted by atomic mass is 9.94. The van der Waals surface area contributed by atoms with Crippen molar-refractivity contribution in [3.8, 4) is 0 Å². The zero-order valence-electron chi connectivity index (χ0n) is 12.0. The van der Waals surface area contributed by atoms with Crippen LogP contribution in [0.4, 0.5) is 0 Å². The van der Waals surface area contributed by atoms with Crippen molar-refractivity contribution < 1.29 is 4.79 Å². The van der Waals surface area contributed by atoms with Crippen molar-refractivity contribution in [1.82, 2.24) is 10.2 Å². The number of rotatable bonds is 7. The van der Waals surface area contributed by atoms with Gasteiger partial charge in [-0.1, -0.05) is 26.2 Å². The van der Waals surface area contributed by atoms with Gasteiger partial charge in [-0.15, -0.1) is 0 Å². The summed E-state index contributed by atoms with van der Waals surface area (Å²) >= 11 is 0. The van der Waals surface area contributed by atoms with E-state index in [4.69, 9.17) is 5.73 Å². The lowest BCUT2D eigenvalue weighted by Crippen LogP contribution is -2.47. The Morgan fingerprint density at radius 3 is 2.61 bits per heavy atom. The average molecular weight is 255 g/mol. The van der Waals surface area contributed by atoms with Gasteiger partial charge in [0.25, 0.3) is 0 Å². The minimum absolute atomic E-state index is 0.142. The molecule has 4 nitrogen and oxygen atoms in total. The fourth-order valence-electron chi connectivity index (χ4n) is 2.61. The fourth-order valence-corrected chi connectivity index (χ4v) is 2.61. The molecule has 0 spiro atoms. The van der Waals surface area contributed by atoms with Crippen molar-refractivity contribution in [3.05, 3.63) is 0 Å². The highest BCUT2D eigenvalue weighted by atomic mass is 16.2. The molecular formula is C14H29N3O. The lowest BCUT2D eigenvalue weighted by Gasteiger charge is -2.33. The Morgan fingerprint density at radius 1 is 1.39 bits per heavy atom. The first-order valence-electron chi connectivity index (χ1n) is 7.40. The maximum absolute atomic E-state index is 11.9. The van der Waals surface area contributed by atoms with Crippen LogP contribution in [0.3, 0.4) is 0 Å². The van der Waals surface area contributed by atoms with Gasteiger partial charge in [0.05, 0.1) is 6.54 Å². The molecule has 4 heteroatoms. The Labute approximate surface area is 111 Å². The highest BCUT2D eigenvalue weighted by molar-refractivity contribution is 5.78. The van der Waals surface area contributed by atoms with Gasteiger partial charge < -0.3 is 11.1 Å². The molecule has 1 aliphatic carbocycles. The number of nitrogens with zero attached hydrogens (tertiary/aromatic N) is 1. The summed E-state index contributed by atoms with van der Waals surface area (Å²) in [6.07, 6.45) is 7.34. The number of nitrogens with two attached hydrogens (primary N) is 1. The predicted molar refractivity (Wildman–Crippen MR) is 75.4 cm³/mol. The summed E-state index contributed by atoms with van der Waals surface area (Å²) in [5.74, 6) is 0.142. The van der Waals surface area contributed by atoms with Crippen LogP contribution in [0.5, 0.6) is 0 Å². The molecule has 106 valence electrons. The van der Waals surface area contributed by atoms with Crippen LogP contribution >= 0.6 is 0 Å². The van der Waals surface area contributed by atoms with Crippen LogP contribution < -0.4 is 11.1 Å². The zero-order valence-corrected chi connectivity index (χ0v) is 12.0. The molecule has 1 saturated carbocycles. The number of carbonyl (C=O) groups excluding carboxylic acids is 1. The van der Waals surface area contributed by atoms with Crippen LogP contribution in [0.1, 0.15) is 52.4 Å². The summed E-state index contributed by atoms with van der Waals surface area (Å²) in [5, 5.41) is 3.04. The largest absolute Gasteiger partial charge is 0.353 e. The minimum atomic E-state index is 0.142. The van der Waals surface area contributed by atoms with E-state index < -0.39 is 0 Å². The molecule has 0 aromatic rings. The van der Waals surface area contributed by atoms with Gasteiger partial charge in [0.2, 0.25) is 5.91 Å². The molecule has 0 radical (unpaired) electrons. The van der Waals surface area contributed by atoms with Gasteiger partial charge in [-0.05, 0) is 26.2 Å². The molecule has 3 N–H and O–H groups in total. The summed E-state index contributed by atoms with van der Waals surface area (Å²) in [6, 6.07) is 0.827. The highest BCUT2D eigenvalue weighted by Crippen LogP contribution is 2.22. The minimum Gasteiger partial charge on any atom is -0.353 e. The summed E-state index contributed by atoms with van der Waals surface area (Å²) in [5.41, 5.74) is 5.67. The number of hydrogen-bond acceptors (Lipinski definition) is 3. The normalized spacial score (nSPS) is 18.9. The van der Waals surface area contributed by atoms with Crippen LogP contribution in [0.15, 0.2) is 0 Å². The molecule has 0 saturated heterocycles. The predicted octanol–water partition coefficient (Wildman–Crippen LogP) is 1.49. The Morgan fingerprint density at radius 2 is 2.06 bits per heavy atom. The molecule has 0 aliphatic heterocycles. The van der Waals surface area contributed by atoms with Gasteiger partial charge in [0.1, 0.15) is 0 Å². The topological polar surface area (TPSA) is 58.4 Å². The van der Waals surface area contributed by atoms with E-state index in [1.165, 1.54) is 32.1 Å². The van der Waals surface area contributed by atoms with Crippen LogP contribution in [-0.4, -0.2) is 42.5 Å². The van der Waals surface area contributed by atoms with Gasteiger partial charge in [-0.3, -0.25) is 9.69 Å². The van der Waals surface area contributed by atoms with Gasteiger partial charge in [0.15, 0.2) is 0 Å².